The normalized spacial score (nSPS) is 18.1. The molecule has 0 aromatic heterocycles. The van der Waals surface area contributed by atoms with Crippen molar-refractivity contribution in [1.82, 2.24) is 15.6 Å². The van der Waals surface area contributed by atoms with Crippen LogP contribution >= 0.6 is 0 Å². The van der Waals surface area contributed by atoms with Crippen LogP contribution in [0.4, 0.5) is 0 Å². The number of nitrogens with one attached hydrogen (secondary N) is 1. The Morgan fingerprint density at radius 3 is 2.08 bits per heavy atom. The molecule has 0 spiro atoms. The monoisotopic (exact) mass is 169 g/mol. The van der Waals surface area contributed by atoms with Gasteiger partial charge in [-0.2, -0.15) is 0 Å². The quantitative estimate of drug-likeness (QED) is 0.676. The van der Waals surface area contributed by atoms with Gasteiger partial charge in [0.25, 0.3) is 0 Å². The van der Waals surface area contributed by atoms with Gasteiger partial charge in [0, 0.05) is 19.3 Å². The van der Waals surface area contributed by atoms with E-state index in [2.05, 4.69) is 49.4 Å². The van der Waals surface area contributed by atoms with Crippen LogP contribution in [0.25, 0.3) is 0 Å². The minimum atomic E-state index is 0.503. The van der Waals surface area contributed by atoms with Gasteiger partial charge in [0.15, 0.2) is 0 Å². The van der Waals surface area contributed by atoms with Crippen molar-refractivity contribution in [3.05, 3.63) is 11.9 Å². The fraction of sp³-hybridized carbons (Fsp3) is 0.778. The zero-order valence-corrected chi connectivity index (χ0v) is 8.63. The van der Waals surface area contributed by atoms with Crippen LogP contribution in [0, 0.1) is 5.92 Å². The lowest BCUT2D eigenvalue weighted by molar-refractivity contribution is 0.121. The van der Waals surface area contributed by atoms with Crippen LogP contribution < -0.4 is 5.53 Å². The molecule has 12 heavy (non-hydrogen) atoms. The van der Waals surface area contributed by atoms with E-state index in [9.17, 15) is 0 Å². The number of hydrogen-bond donors (Lipinski definition) is 1. The summed E-state index contributed by atoms with van der Waals surface area (Å²) in [5.41, 5.74) is 4.60. The van der Waals surface area contributed by atoms with Crippen molar-refractivity contribution in [2.45, 2.75) is 33.7 Å². The lowest BCUT2D eigenvalue weighted by Gasteiger charge is -2.24. The first kappa shape index (κ1) is 9.39. The highest BCUT2D eigenvalue weighted by Gasteiger charge is 2.20. The Morgan fingerprint density at radius 2 is 1.83 bits per heavy atom. The van der Waals surface area contributed by atoms with Gasteiger partial charge in [0.1, 0.15) is 0 Å². The first-order chi connectivity index (χ1) is 5.52. The van der Waals surface area contributed by atoms with Gasteiger partial charge in [0.2, 0.25) is 0 Å². The zero-order valence-electron chi connectivity index (χ0n) is 8.63. The zero-order chi connectivity index (χ0) is 9.30. The molecular formula is C9H19N3. The third kappa shape index (κ3) is 1.72. The van der Waals surface area contributed by atoms with Gasteiger partial charge in [-0.1, -0.05) is 13.8 Å². The molecule has 0 saturated carbocycles. The SMILES string of the molecule is CC(C)C1=CN(C(C)C)NN1C. The van der Waals surface area contributed by atoms with Gasteiger partial charge in [-0.05, 0) is 19.8 Å². The smallest absolute Gasteiger partial charge is 0.0507 e. The maximum atomic E-state index is 3.26. The van der Waals surface area contributed by atoms with E-state index in [1.54, 1.807) is 0 Å². The summed E-state index contributed by atoms with van der Waals surface area (Å²) < 4.78 is 0. The Morgan fingerprint density at radius 1 is 1.25 bits per heavy atom. The molecule has 0 unspecified atom stereocenters. The van der Waals surface area contributed by atoms with Gasteiger partial charge < -0.3 is 0 Å². The molecule has 1 heterocycles. The van der Waals surface area contributed by atoms with E-state index in [-0.39, 0.29) is 0 Å². The molecule has 0 atom stereocenters. The van der Waals surface area contributed by atoms with Crippen LogP contribution in [0.2, 0.25) is 0 Å². The Balaban J connectivity index is 2.68. The molecule has 3 heteroatoms. The van der Waals surface area contributed by atoms with Crippen LogP contribution in [0.3, 0.4) is 0 Å². The minimum absolute atomic E-state index is 0.503. The molecule has 70 valence electrons. The number of allylic oxidation sites excluding steroid dienone is 1. The molecule has 0 aromatic carbocycles. The molecule has 0 aromatic rings. The van der Waals surface area contributed by atoms with Crippen molar-refractivity contribution in [1.29, 1.82) is 0 Å². The number of hydrazine groups is 2. The summed E-state index contributed by atoms with van der Waals surface area (Å²) >= 11 is 0. The molecule has 0 bridgehead atoms. The van der Waals surface area contributed by atoms with E-state index in [4.69, 9.17) is 0 Å². The van der Waals surface area contributed by atoms with Gasteiger partial charge in [-0.25, -0.2) is 0 Å². The second-order valence-corrected chi connectivity index (χ2v) is 3.87. The van der Waals surface area contributed by atoms with E-state index in [0.29, 0.717) is 12.0 Å². The number of hydrogen-bond acceptors (Lipinski definition) is 3. The molecule has 0 radical (unpaired) electrons. The average Bonchev–Trinajstić information content (AvgIpc) is 2.30. The molecule has 0 saturated heterocycles. The Bertz CT molecular complexity index is 184. The molecule has 1 aliphatic rings. The molecule has 1 aliphatic heterocycles. The predicted octanol–water partition coefficient (Wildman–Crippen LogP) is 1.56. The molecule has 0 amide bonds. The van der Waals surface area contributed by atoms with Crippen molar-refractivity contribution in [3.8, 4) is 0 Å². The Labute approximate surface area is 75.0 Å². The Kier molecular flexibility index (Phi) is 2.62. The van der Waals surface area contributed by atoms with Crippen molar-refractivity contribution in [2.75, 3.05) is 7.05 Å². The van der Waals surface area contributed by atoms with Crippen LogP contribution in [-0.2, 0) is 0 Å². The summed E-state index contributed by atoms with van der Waals surface area (Å²) in [6.07, 6.45) is 2.18. The van der Waals surface area contributed by atoms with Crippen molar-refractivity contribution < 1.29 is 0 Å². The third-order valence-corrected chi connectivity index (χ3v) is 2.07. The molecule has 3 nitrogen and oxygen atoms in total. The van der Waals surface area contributed by atoms with Gasteiger partial charge in [-0.3, -0.25) is 10.0 Å². The van der Waals surface area contributed by atoms with Crippen molar-refractivity contribution in [3.63, 3.8) is 0 Å². The molecule has 1 rings (SSSR count). The second kappa shape index (κ2) is 3.35. The maximum absolute atomic E-state index is 3.26. The van der Waals surface area contributed by atoms with E-state index < -0.39 is 0 Å². The van der Waals surface area contributed by atoms with Crippen LogP contribution in [0.15, 0.2) is 11.9 Å². The standard InChI is InChI=1S/C9H19N3/c1-7(2)9-6-12(8(3)4)10-11(9)5/h6-8,10H,1-5H3. The summed E-state index contributed by atoms with van der Waals surface area (Å²) in [7, 11) is 2.05. The van der Waals surface area contributed by atoms with Crippen LogP contribution in [0.1, 0.15) is 27.7 Å². The third-order valence-electron chi connectivity index (χ3n) is 2.07. The molecule has 0 fully saturated rings. The second-order valence-electron chi connectivity index (χ2n) is 3.87. The summed E-state index contributed by atoms with van der Waals surface area (Å²) in [5.74, 6) is 0.575. The van der Waals surface area contributed by atoms with Gasteiger partial charge >= 0.3 is 0 Å². The first-order valence-corrected chi connectivity index (χ1v) is 4.52. The molecule has 1 N–H and O–H groups in total. The molecular weight excluding hydrogens is 150 g/mol. The highest BCUT2D eigenvalue weighted by Crippen LogP contribution is 2.18. The number of rotatable bonds is 2. The van der Waals surface area contributed by atoms with E-state index in [1.807, 2.05) is 7.05 Å². The lowest BCUT2D eigenvalue weighted by atomic mass is 10.1. The summed E-state index contributed by atoms with van der Waals surface area (Å²) in [4.78, 5) is 0. The predicted molar refractivity (Wildman–Crippen MR) is 50.8 cm³/mol. The first-order valence-electron chi connectivity index (χ1n) is 4.52. The number of nitrogens with zero attached hydrogens (tertiary/aromatic N) is 2. The van der Waals surface area contributed by atoms with E-state index in [0.717, 1.165) is 0 Å². The average molecular weight is 169 g/mol. The van der Waals surface area contributed by atoms with Gasteiger partial charge in [0.05, 0.1) is 5.70 Å². The topological polar surface area (TPSA) is 18.5 Å². The van der Waals surface area contributed by atoms with E-state index in [1.165, 1.54) is 5.70 Å². The fourth-order valence-corrected chi connectivity index (χ4v) is 1.29. The highest BCUT2D eigenvalue weighted by molar-refractivity contribution is 5.05. The lowest BCUT2D eigenvalue weighted by Crippen LogP contribution is -2.41. The van der Waals surface area contributed by atoms with Gasteiger partial charge in [-0.15, -0.1) is 5.53 Å². The fourth-order valence-electron chi connectivity index (χ4n) is 1.29. The Hall–Kier alpha value is -0.700. The summed E-state index contributed by atoms with van der Waals surface area (Å²) in [5, 5.41) is 4.19. The largest absolute Gasteiger partial charge is 0.296 e. The van der Waals surface area contributed by atoms with Crippen molar-refractivity contribution in [2.24, 2.45) is 5.92 Å². The summed E-state index contributed by atoms with van der Waals surface area (Å²) in [6.45, 7) is 8.74. The maximum Gasteiger partial charge on any atom is 0.0507 e. The van der Waals surface area contributed by atoms with Crippen LogP contribution in [0.5, 0.6) is 0 Å². The minimum Gasteiger partial charge on any atom is -0.296 e. The van der Waals surface area contributed by atoms with Crippen LogP contribution in [-0.4, -0.2) is 23.1 Å². The highest BCUT2D eigenvalue weighted by atomic mass is 15.8. The van der Waals surface area contributed by atoms with E-state index >= 15 is 0 Å². The van der Waals surface area contributed by atoms with Crippen molar-refractivity contribution >= 4 is 0 Å². The molecule has 0 aliphatic carbocycles. The summed E-state index contributed by atoms with van der Waals surface area (Å²) in [6, 6.07) is 0.503.